The Bertz CT molecular complexity index is 935. The summed E-state index contributed by atoms with van der Waals surface area (Å²) in [4.78, 5) is 32.4. The van der Waals surface area contributed by atoms with Crippen LogP contribution in [0.5, 0.6) is 5.88 Å². The fourth-order valence-electron chi connectivity index (χ4n) is 4.04. The third-order valence-electron chi connectivity index (χ3n) is 5.33. The number of ether oxygens (including phenoxy) is 2. The van der Waals surface area contributed by atoms with Gasteiger partial charge in [-0.05, 0) is 38.2 Å². The molecular formula is C20H22F2N4O4. The number of hydrogen-bond acceptors (Lipinski definition) is 8. The van der Waals surface area contributed by atoms with E-state index >= 15 is 0 Å². The van der Waals surface area contributed by atoms with Crippen molar-refractivity contribution in [3.05, 3.63) is 22.9 Å². The number of halogens is 2. The number of nitriles is 1. The van der Waals surface area contributed by atoms with Crippen LogP contribution in [-0.4, -0.2) is 47.4 Å². The average Bonchev–Trinajstić information content (AvgIpc) is 2.66. The van der Waals surface area contributed by atoms with E-state index in [0.717, 1.165) is 19.1 Å². The molecule has 8 nitrogen and oxygen atoms in total. The maximum absolute atomic E-state index is 13.2. The number of anilines is 1. The molecule has 0 unspecified atom stereocenters. The quantitative estimate of drug-likeness (QED) is 0.368. The lowest BCUT2D eigenvalue weighted by Gasteiger charge is -2.66. The van der Waals surface area contributed by atoms with Crippen molar-refractivity contribution in [3.8, 4) is 11.9 Å². The van der Waals surface area contributed by atoms with E-state index in [2.05, 4.69) is 26.1 Å². The van der Waals surface area contributed by atoms with E-state index in [4.69, 9.17) is 10.00 Å². The molecule has 0 atom stereocenters. The van der Waals surface area contributed by atoms with Crippen LogP contribution in [0.4, 0.5) is 14.7 Å². The lowest BCUT2D eigenvalue weighted by atomic mass is 9.40. The van der Waals surface area contributed by atoms with E-state index < -0.39 is 35.3 Å². The number of nitrogens with zero attached hydrogens (tertiary/aromatic N) is 3. The van der Waals surface area contributed by atoms with Crippen LogP contribution in [0.3, 0.4) is 0 Å². The number of carbonyl (C=O) groups excluding carboxylic acids is 2. The van der Waals surface area contributed by atoms with Gasteiger partial charge in [0.2, 0.25) is 17.6 Å². The van der Waals surface area contributed by atoms with Crippen molar-refractivity contribution in [3.63, 3.8) is 0 Å². The minimum atomic E-state index is -3.38. The number of esters is 1. The minimum absolute atomic E-state index is 0.00287. The van der Waals surface area contributed by atoms with Gasteiger partial charge in [0.1, 0.15) is 12.2 Å². The zero-order valence-electron chi connectivity index (χ0n) is 16.9. The predicted octanol–water partition coefficient (Wildman–Crippen LogP) is 3.30. The van der Waals surface area contributed by atoms with E-state index in [-0.39, 0.29) is 23.5 Å². The van der Waals surface area contributed by atoms with E-state index in [1.54, 1.807) is 6.92 Å². The number of hydrogen-bond donors (Lipinski definition) is 1. The summed E-state index contributed by atoms with van der Waals surface area (Å²) in [5.41, 5.74) is -1.22. The Morgan fingerprint density at radius 3 is 2.53 bits per heavy atom. The van der Waals surface area contributed by atoms with Crippen molar-refractivity contribution in [1.29, 1.82) is 5.26 Å². The average molecular weight is 420 g/mol. The van der Waals surface area contributed by atoms with Gasteiger partial charge in [-0.1, -0.05) is 13.0 Å². The van der Waals surface area contributed by atoms with Crippen LogP contribution in [0, 0.1) is 16.7 Å². The monoisotopic (exact) mass is 420 g/mol. The molecule has 0 saturated heterocycles. The van der Waals surface area contributed by atoms with E-state index in [0.29, 0.717) is 19.3 Å². The highest BCUT2D eigenvalue weighted by Crippen LogP contribution is 2.67. The van der Waals surface area contributed by atoms with Gasteiger partial charge in [0.25, 0.3) is 0 Å². The molecule has 160 valence electrons. The highest BCUT2D eigenvalue weighted by Gasteiger charge is 2.69. The Balaban J connectivity index is 1.99. The summed E-state index contributed by atoms with van der Waals surface area (Å²) < 4.78 is 36.6. The first-order valence-corrected chi connectivity index (χ1v) is 9.49. The Morgan fingerprint density at radius 2 is 2.00 bits per heavy atom. The summed E-state index contributed by atoms with van der Waals surface area (Å²) in [6.07, 6.45) is 1.03. The van der Waals surface area contributed by atoms with Gasteiger partial charge in [0, 0.05) is 5.54 Å². The molecule has 3 aliphatic carbocycles. The summed E-state index contributed by atoms with van der Waals surface area (Å²) in [5, 5.41) is 12.2. The van der Waals surface area contributed by atoms with Crippen molar-refractivity contribution in [2.45, 2.75) is 51.5 Å². The second-order valence-corrected chi connectivity index (χ2v) is 7.81. The molecule has 0 aromatic carbocycles. The smallest absolute Gasteiger partial charge is 0.357 e. The lowest BCUT2D eigenvalue weighted by Crippen LogP contribution is -2.70. The summed E-state index contributed by atoms with van der Waals surface area (Å²) in [6.45, 7) is 3.70. The standard InChI is InChI=1S/C20H22F2N4O4/c1-4-5-11(2)6-30-16-12(14(27)15(21)22)13(17(28)29-3)24-18(25-16)26-20-7-19(8-20,9-20)10-23/h5,15H,4,6-9H2,1-3H3,(H,24,25,26)/b11-5-. The maximum atomic E-state index is 13.2. The SMILES string of the molecule is CC/C=C(/C)COc1nc(NC23CC(C#N)(C2)C3)nc(C(=O)OC)c1C(=O)C(F)F. The van der Waals surface area contributed by atoms with Gasteiger partial charge in [0.15, 0.2) is 5.69 Å². The molecule has 0 aliphatic heterocycles. The molecule has 3 aliphatic rings. The number of methoxy groups -OCH3 is 1. The van der Waals surface area contributed by atoms with Gasteiger partial charge in [-0.2, -0.15) is 10.2 Å². The zero-order valence-corrected chi connectivity index (χ0v) is 16.9. The molecule has 1 heterocycles. The van der Waals surface area contributed by atoms with E-state index in [1.807, 2.05) is 13.0 Å². The third kappa shape index (κ3) is 3.84. The molecule has 0 radical (unpaired) electrons. The summed E-state index contributed by atoms with van der Waals surface area (Å²) >= 11 is 0. The van der Waals surface area contributed by atoms with Crippen LogP contribution >= 0.6 is 0 Å². The largest absolute Gasteiger partial charge is 0.472 e. The second kappa shape index (κ2) is 7.97. The number of rotatable bonds is 9. The molecule has 30 heavy (non-hydrogen) atoms. The zero-order chi connectivity index (χ0) is 22.1. The Morgan fingerprint density at radius 1 is 1.33 bits per heavy atom. The summed E-state index contributed by atoms with van der Waals surface area (Å²) in [7, 11) is 1.06. The molecule has 2 bridgehead atoms. The molecular weight excluding hydrogens is 398 g/mol. The lowest BCUT2D eigenvalue weighted by molar-refractivity contribution is -0.0665. The number of allylic oxidation sites excluding steroid dienone is 1. The Kier molecular flexibility index (Phi) is 5.74. The van der Waals surface area contributed by atoms with Crippen molar-refractivity contribution in [2.75, 3.05) is 19.0 Å². The fourth-order valence-corrected chi connectivity index (χ4v) is 4.04. The summed E-state index contributed by atoms with van der Waals surface area (Å²) in [6, 6.07) is 2.27. The van der Waals surface area contributed by atoms with E-state index in [9.17, 15) is 18.4 Å². The van der Waals surface area contributed by atoms with Crippen molar-refractivity contribution >= 4 is 17.7 Å². The highest BCUT2D eigenvalue weighted by molar-refractivity contribution is 6.08. The molecule has 1 N–H and O–H groups in total. The van der Waals surface area contributed by atoms with Gasteiger partial charge < -0.3 is 14.8 Å². The number of Topliss-reactive ketones (excluding diaryl/α,β-unsaturated/α-hetero) is 1. The molecule has 3 saturated carbocycles. The van der Waals surface area contributed by atoms with E-state index in [1.165, 1.54) is 0 Å². The number of carbonyl (C=O) groups is 2. The van der Waals surface area contributed by atoms with Crippen LogP contribution < -0.4 is 10.1 Å². The number of ketones is 1. The molecule has 10 heteroatoms. The first-order valence-electron chi connectivity index (χ1n) is 9.49. The van der Waals surface area contributed by atoms with Gasteiger partial charge in [-0.15, -0.1) is 0 Å². The number of alkyl halides is 2. The number of nitrogens with one attached hydrogen (secondary N) is 1. The molecule has 3 fully saturated rings. The molecule has 0 spiro atoms. The van der Waals surface area contributed by atoms with Gasteiger partial charge in [0.05, 0.1) is 18.6 Å². The Hall–Kier alpha value is -3.09. The van der Waals surface area contributed by atoms with Crippen LogP contribution in [0.1, 0.15) is 60.4 Å². The van der Waals surface area contributed by atoms with Gasteiger partial charge in [-0.25, -0.2) is 18.6 Å². The topological polar surface area (TPSA) is 114 Å². The Labute approximate surface area is 172 Å². The first kappa shape index (κ1) is 21.6. The van der Waals surface area contributed by atoms with Crippen molar-refractivity contribution in [1.82, 2.24) is 9.97 Å². The summed E-state index contributed by atoms with van der Waals surface area (Å²) in [5.74, 6) is -3.13. The molecule has 1 aromatic heterocycles. The van der Waals surface area contributed by atoms with Gasteiger partial charge in [-0.3, -0.25) is 4.79 Å². The van der Waals surface area contributed by atoms with Crippen LogP contribution in [0.15, 0.2) is 11.6 Å². The minimum Gasteiger partial charge on any atom is -0.472 e. The van der Waals surface area contributed by atoms with Crippen LogP contribution in [0.25, 0.3) is 0 Å². The molecule has 4 rings (SSSR count). The predicted molar refractivity (Wildman–Crippen MR) is 101 cm³/mol. The van der Waals surface area contributed by atoms with Crippen LogP contribution in [0.2, 0.25) is 0 Å². The van der Waals surface area contributed by atoms with Crippen molar-refractivity contribution < 1.29 is 27.8 Å². The third-order valence-corrected chi connectivity index (χ3v) is 5.33. The van der Waals surface area contributed by atoms with Gasteiger partial charge >= 0.3 is 12.4 Å². The normalized spacial score (nSPS) is 24.4. The first-order chi connectivity index (χ1) is 14.2. The van der Waals surface area contributed by atoms with Crippen LogP contribution in [-0.2, 0) is 4.74 Å². The molecule has 1 aromatic rings. The number of aromatic nitrogens is 2. The van der Waals surface area contributed by atoms with Crippen molar-refractivity contribution in [2.24, 2.45) is 5.41 Å². The maximum Gasteiger partial charge on any atom is 0.357 e. The second-order valence-electron chi connectivity index (χ2n) is 7.81. The highest BCUT2D eigenvalue weighted by atomic mass is 19.3. The fraction of sp³-hybridized carbons (Fsp3) is 0.550. The molecule has 0 amide bonds.